The molecular formula is C17H21NO2. The van der Waals surface area contributed by atoms with Gasteiger partial charge in [0.25, 0.3) is 0 Å². The molecule has 0 fully saturated rings. The maximum Gasteiger partial charge on any atom is 0.124 e. The molecule has 0 aliphatic rings. The van der Waals surface area contributed by atoms with Crippen molar-refractivity contribution in [1.29, 1.82) is 0 Å². The third-order valence-corrected chi connectivity index (χ3v) is 3.05. The molecule has 0 spiro atoms. The van der Waals surface area contributed by atoms with Crippen molar-refractivity contribution in [2.45, 2.75) is 13.2 Å². The van der Waals surface area contributed by atoms with Crippen LogP contribution < -0.4 is 10.1 Å². The van der Waals surface area contributed by atoms with Crippen LogP contribution in [0, 0.1) is 0 Å². The third kappa shape index (κ3) is 4.68. The highest BCUT2D eigenvalue weighted by atomic mass is 16.5. The Bertz CT molecular complexity index is 499. The van der Waals surface area contributed by atoms with E-state index in [2.05, 4.69) is 29.6 Å². The normalized spacial score (nSPS) is 10.4. The van der Waals surface area contributed by atoms with Gasteiger partial charge in [0.05, 0.1) is 20.3 Å². The monoisotopic (exact) mass is 271 g/mol. The minimum absolute atomic E-state index is 0.580. The lowest BCUT2D eigenvalue weighted by molar-refractivity contribution is 0.120. The Morgan fingerprint density at radius 1 is 0.950 bits per heavy atom. The molecule has 0 bridgehead atoms. The number of hydrogen-bond acceptors (Lipinski definition) is 3. The van der Waals surface area contributed by atoms with Crippen LogP contribution in [0.3, 0.4) is 0 Å². The van der Waals surface area contributed by atoms with Crippen molar-refractivity contribution in [3.8, 4) is 5.75 Å². The fourth-order valence-corrected chi connectivity index (χ4v) is 1.98. The lowest BCUT2D eigenvalue weighted by Crippen LogP contribution is -2.19. The minimum Gasteiger partial charge on any atom is -0.496 e. The summed E-state index contributed by atoms with van der Waals surface area (Å²) in [5, 5.41) is 3.36. The second-order valence-corrected chi connectivity index (χ2v) is 4.53. The first kappa shape index (κ1) is 14.6. The quantitative estimate of drug-likeness (QED) is 0.749. The molecule has 2 aromatic carbocycles. The van der Waals surface area contributed by atoms with E-state index >= 15 is 0 Å². The summed E-state index contributed by atoms with van der Waals surface area (Å²) < 4.78 is 10.9. The molecule has 0 aliphatic heterocycles. The Morgan fingerprint density at radius 3 is 2.50 bits per heavy atom. The van der Waals surface area contributed by atoms with Gasteiger partial charge in [0.1, 0.15) is 5.75 Å². The van der Waals surface area contributed by atoms with Crippen LogP contribution in [0.5, 0.6) is 5.75 Å². The number of methoxy groups -OCH3 is 1. The van der Waals surface area contributed by atoms with E-state index in [9.17, 15) is 0 Å². The first-order chi connectivity index (χ1) is 9.90. The summed E-state index contributed by atoms with van der Waals surface area (Å²) in [6.45, 7) is 2.98. The van der Waals surface area contributed by atoms with E-state index in [0.29, 0.717) is 13.2 Å². The molecule has 0 radical (unpaired) electrons. The molecular weight excluding hydrogens is 250 g/mol. The molecule has 3 heteroatoms. The molecule has 0 saturated heterocycles. The molecule has 106 valence electrons. The van der Waals surface area contributed by atoms with E-state index in [0.717, 1.165) is 24.4 Å². The lowest BCUT2D eigenvalue weighted by Gasteiger charge is -2.09. The molecule has 3 nitrogen and oxygen atoms in total. The number of benzene rings is 2. The van der Waals surface area contributed by atoms with Crippen molar-refractivity contribution >= 4 is 0 Å². The maximum atomic E-state index is 5.66. The highest BCUT2D eigenvalue weighted by molar-refractivity contribution is 5.32. The zero-order chi connectivity index (χ0) is 14.0. The molecule has 0 atom stereocenters. The molecule has 0 amide bonds. The predicted octanol–water partition coefficient (Wildman–Crippen LogP) is 3.00. The summed E-state index contributed by atoms with van der Waals surface area (Å²) in [7, 11) is 1.68. The highest BCUT2D eigenvalue weighted by Gasteiger charge is 2.00. The van der Waals surface area contributed by atoms with Gasteiger partial charge >= 0.3 is 0 Å². The van der Waals surface area contributed by atoms with Crippen LogP contribution in [0.15, 0.2) is 54.6 Å². The van der Waals surface area contributed by atoms with Crippen LogP contribution in [-0.4, -0.2) is 20.3 Å². The van der Waals surface area contributed by atoms with Crippen LogP contribution in [0.1, 0.15) is 11.1 Å². The predicted molar refractivity (Wildman–Crippen MR) is 80.8 cm³/mol. The molecule has 2 aromatic rings. The van der Waals surface area contributed by atoms with E-state index < -0.39 is 0 Å². The summed E-state index contributed by atoms with van der Waals surface area (Å²) >= 11 is 0. The molecule has 0 heterocycles. The molecule has 0 saturated carbocycles. The van der Waals surface area contributed by atoms with Gasteiger partial charge in [-0.15, -0.1) is 0 Å². The van der Waals surface area contributed by atoms with Gasteiger partial charge in [0.2, 0.25) is 0 Å². The number of hydrogen-bond donors (Lipinski definition) is 1. The van der Waals surface area contributed by atoms with Crippen LogP contribution in [-0.2, 0) is 17.9 Å². The fourth-order valence-electron chi connectivity index (χ4n) is 1.98. The van der Waals surface area contributed by atoms with Crippen molar-refractivity contribution < 1.29 is 9.47 Å². The van der Waals surface area contributed by atoms with Crippen LogP contribution in [0.25, 0.3) is 0 Å². The molecule has 2 rings (SSSR count). The number of nitrogens with one attached hydrogen (secondary N) is 1. The average Bonchev–Trinajstić information content (AvgIpc) is 2.52. The Morgan fingerprint density at radius 2 is 1.70 bits per heavy atom. The second-order valence-electron chi connectivity index (χ2n) is 4.53. The maximum absolute atomic E-state index is 5.66. The Balaban J connectivity index is 1.62. The zero-order valence-electron chi connectivity index (χ0n) is 11.8. The Kier molecular flexibility index (Phi) is 6.08. The summed E-state index contributed by atoms with van der Waals surface area (Å²) in [5.74, 6) is 0.879. The van der Waals surface area contributed by atoms with Crippen molar-refractivity contribution in [3.05, 3.63) is 65.7 Å². The summed E-state index contributed by atoms with van der Waals surface area (Å²) in [6, 6.07) is 18.3. The number of rotatable bonds is 8. The first-order valence-corrected chi connectivity index (χ1v) is 6.84. The first-order valence-electron chi connectivity index (χ1n) is 6.84. The van der Waals surface area contributed by atoms with E-state index in [1.165, 1.54) is 5.56 Å². The van der Waals surface area contributed by atoms with Crippen LogP contribution in [0.2, 0.25) is 0 Å². The van der Waals surface area contributed by atoms with Crippen molar-refractivity contribution in [3.63, 3.8) is 0 Å². The Labute approximate surface area is 120 Å². The molecule has 0 aromatic heterocycles. The SMILES string of the molecule is COc1ccccc1COCCNCc1ccccc1. The van der Waals surface area contributed by atoms with Gasteiger partial charge in [-0.2, -0.15) is 0 Å². The standard InChI is InChI=1S/C17H21NO2/c1-19-17-10-6-5-9-16(17)14-20-12-11-18-13-15-7-3-2-4-8-15/h2-10,18H,11-14H2,1H3. The largest absolute Gasteiger partial charge is 0.496 e. The lowest BCUT2D eigenvalue weighted by atomic mass is 10.2. The van der Waals surface area contributed by atoms with Crippen molar-refractivity contribution in [2.75, 3.05) is 20.3 Å². The summed E-state index contributed by atoms with van der Waals surface area (Å²) in [5.41, 5.74) is 2.37. The number of para-hydroxylation sites is 1. The highest BCUT2D eigenvalue weighted by Crippen LogP contribution is 2.17. The van der Waals surface area contributed by atoms with Gasteiger partial charge in [0, 0.05) is 18.7 Å². The van der Waals surface area contributed by atoms with E-state index in [4.69, 9.17) is 9.47 Å². The van der Waals surface area contributed by atoms with Gasteiger partial charge in [-0.1, -0.05) is 48.5 Å². The van der Waals surface area contributed by atoms with Gasteiger partial charge < -0.3 is 14.8 Å². The van der Waals surface area contributed by atoms with E-state index in [1.54, 1.807) is 7.11 Å². The van der Waals surface area contributed by atoms with Crippen LogP contribution in [0.4, 0.5) is 0 Å². The second kappa shape index (κ2) is 8.35. The van der Waals surface area contributed by atoms with E-state index in [-0.39, 0.29) is 0 Å². The van der Waals surface area contributed by atoms with Gasteiger partial charge in [0.15, 0.2) is 0 Å². The minimum atomic E-state index is 0.580. The van der Waals surface area contributed by atoms with Crippen LogP contribution >= 0.6 is 0 Å². The summed E-state index contributed by atoms with van der Waals surface area (Å²) in [6.07, 6.45) is 0. The molecule has 20 heavy (non-hydrogen) atoms. The fraction of sp³-hybridized carbons (Fsp3) is 0.294. The topological polar surface area (TPSA) is 30.5 Å². The Hall–Kier alpha value is -1.84. The van der Waals surface area contributed by atoms with Gasteiger partial charge in [-0.05, 0) is 11.6 Å². The third-order valence-electron chi connectivity index (χ3n) is 3.05. The molecule has 0 aliphatic carbocycles. The smallest absolute Gasteiger partial charge is 0.124 e. The summed E-state index contributed by atoms with van der Waals surface area (Å²) in [4.78, 5) is 0. The molecule has 1 N–H and O–H groups in total. The van der Waals surface area contributed by atoms with Crippen molar-refractivity contribution in [2.24, 2.45) is 0 Å². The average molecular weight is 271 g/mol. The van der Waals surface area contributed by atoms with Gasteiger partial charge in [-0.25, -0.2) is 0 Å². The van der Waals surface area contributed by atoms with Gasteiger partial charge in [-0.3, -0.25) is 0 Å². The zero-order valence-corrected chi connectivity index (χ0v) is 11.8. The molecule has 0 unspecified atom stereocenters. The number of ether oxygens (including phenoxy) is 2. The van der Waals surface area contributed by atoms with Crippen molar-refractivity contribution in [1.82, 2.24) is 5.32 Å². The van der Waals surface area contributed by atoms with E-state index in [1.807, 2.05) is 30.3 Å².